The number of aromatic nitrogens is 1. The van der Waals surface area contributed by atoms with Gasteiger partial charge in [0.1, 0.15) is 5.69 Å². The molecule has 0 aliphatic heterocycles. The highest BCUT2D eigenvalue weighted by molar-refractivity contribution is 6.44. The number of carbonyl (C=O) groups excluding carboxylic acids is 2. The third-order valence-corrected chi connectivity index (χ3v) is 7.42. The Labute approximate surface area is 249 Å². The van der Waals surface area contributed by atoms with Gasteiger partial charge in [0.05, 0.1) is 46.1 Å². The molecule has 5 aromatic rings. The minimum atomic E-state index is -1.00. The maximum Gasteiger partial charge on any atom is 0.294 e. The molecular weight excluding hydrogens is 548 g/mol. The van der Waals surface area contributed by atoms with Crippen LogP contribution in [-0.4, -0.2) is 61.8 Å². The zero-order chi connectivity index (χ0) is 30.9. The van der Waals surface area contributed by atoms with Gasteiger partial charge in [-0.05, 0) is 60.7 Å². The molecule has 9 nitrogen and oxygen atoms in total. The van der Waals surface area contributed by atoms with Crippen molar-refractivity contribution in [1.29, 1.82) is 0 Å². The van der Waals surface area contributed by atoms with Crippen molar-refractivity contribution in [2.24, 2.45) is 0 Å². The Morgan fingerprint density at radius 3 is 2.02 bits per heavy atom. The smallest absolute Gasteiger partial charge is 0.294 e. The molecule has 0 saturated heterocycles. The van der Waals surface area contributed by atoms with Crippen LogP contribution in [0.3, 0.4) is 0 Å². The molecular formula is C34H34N2O7. The Morgan fingerprint density at radius 2 is 1.40 bits per heavy atom. The van der Waals surface area contributed by atoms with Gasteiger partial charge in [0, 0.05) is 22.7 Å². The highest BCUT2D eigenvalue weighted by Gasteiger charge is 2.33. The van der Waals surface area contributed by atoms with Crippen LogP contribution in [0, 0.1) is 0 Å². The summed E-state index contributed by atoms with van der Waals surface area (Å²) in [5, 5.41) is 14.1. The first-order chi connectivity index (χ1) is 20.7. The van der Waals surface area contributed by atoms with Crippen molar-refractivity contribution in [2.45, 2.75) is 19.4 Å². The van der Waals surface area contributed by atoms with E-state index >= 15 is 0 Å². The van der Waals surface area contributed by atoms with E-state index in [9.17, 15) is 14.7 Å². The molecule has 2 aromatic heterocycles. The Kier molecular flexibility index (Phi) is 8.02. The van der Waals surface area contributed by atoms with E-state index < -0.39 is 17.2 Å². The lowest BCUT2D eigenvalue weighted by molar-refractivity contribution is -0.119. The van der Waals surface area contributed by atoms with Gasteiger partial charge in [-0.3, -0.25) is 9.59 Å². The SMILES string of the molecule is COc1ccc(-c2c(-c3ccccc3)c(C(=O)C(=O)NC(C)(C)CO)n3ccc4cc(OC)c(OC)cc4c23)cc1OC. The number of rotatable bonds is 10. The molecule has 2 heterocycles. The van der Waals surface area contributed by atoms with Gasteiger partial charge in [-0.15, -0.1) is 0 Å². The van der Waals surface area contributed by atoms with Crippen LogP contribution in [0.25, 0.3) is 38.5 Å². The average Bonchev–Trinajstić information content (AvgIpc) is 3.39. The number of aliphatic hydroxyl groups excluding tert-OH is 1. The van der Waals surface area contributed by atoms with Gasteiger partial charge >= 0.3 is 0 Å². The number of methoxy groups -OCH3 is 4. The molecule has 0 bridgehead atoms. The first-order valence-electron chi connectivity index (χ1n) is 13.7. The van der Waals surface area contributed by atoms with Gasteiger partial charge < -0.3 is 33.8 Å². The van der Waals surface area contributed by atoms with Gasteiger partial charge in [-0.2, -0.15) is 0 Å². The second kappa shape index (κ2) is 11.7. The molecule has 0 aliphatic carbocycles. The molecule has 0 radical (unpaired) electrons. The van der Waals surface area contributed by atoms with E-state index in [0.29, 0.717) is 39.6 Å². The molecule has 0 atom stereocenters. The Hall–Kier alpha value is -5.02. The van der Waals surface area contributed by atoms with Crippen LogP contribution in [0.1, 0.15) is 24.3 Å². The molecule has 5 rings (SSSR count). The van der Waals surface area contributed by atoms with Gasteiger partial charge in [-0.25, -0.2) is 0 Å². The van der Waals surface area contributed by atoms with Crippen LogP contribution in [-0.2, 0) is 4.79 Å². The molecule has 222 valence electrons. The number of benzene rings is 3. The van der Waals surface area contributed by atoms with Crippen LogP contribution in [0.5, 0.6) is 23.0 Å². The first kappa shape index (κ1) is 29.5. The van der Waals surface area contributed by atoms with Gasteiger partial charge in [-0.1, -0.05) is 36.4 Å². The average molecular weight is 583 g/mol. The quantitative estimate of drug-likeness (QED) is 0.165. The highest BCUT2D eigenvalue weighted by atomic mass is 16.5. The molecule has 0 fully saturated rings. The number of ether oxygens (including phenoxy) is 4. The third kappa shape index (κ3) is 5.23. The Morgan fingerprint density at radius 1 is 0.767 bits per heavy atom. The lowest BCUT2D eigenvalue weighted by atomic mass is 9.93. The van der Waals surface area contributed by atoms with Crippen molar-refractivity contribution in [1.82, 2.24) is 9.72 Å². The maximum atomic E-state index is 14.2. The minimum absolute atomic E-state index is 0.175. The monoisotopic (exact) mass is 582 g/mol. The van der Waals surface area contributed by atoms with E-state index in [2.05, 4.69) is 5.32 Å². The first-order valence-corrected chi connectivity index (χ1v) is 13.7. The fourth-order valence-electron chi connectivity index (χ4n) is 5.29. The van der Waals surface area contributed by atoms with E-state index in [1.54, 1.807) is 59.0 Å². The van der Waals surface area contributed by atoms with E-state index in [1.807, 2.05) is 60.7 Å². The Bertz CT molecular complexity index is 1840. The molecule has 3 aromatic carbocycles. The second-order valence-corrected chi connectivity index (χ2v) is 10.7. The van der Waals surface area contributed by atoms with Crippen molar-refractivity contribution < 1.29 is 33.6 Å². The summed E-state index contributed by atoms with van der Waals surface area (Å²) < 4.78 is 24.1. The standard InChI is InChI=1S/C34H34N2O7/c1-34(2,19-37)35-33(39)32(38)31-28(20-10-8-7-9-11-20)29(22-12-13-24(40-3)25(17-22)41-4)30-23-18-27(43-6)26(42-5)16-21(23)14-15-36(30)31/h7-18,37H,19H2,1-6H3,(H,35,39). The summed E-state index contributed by atoms with van der Waals surface area (Å²) in [6.45, 7) is 2.96. The van der Waals surface area contributed by atoms with Crippen molar-refractivity contribution in [3.63, 3.8) is 0 Å². The zero-order valence-corrected chi connectivity index (χ0v) is 25.0. The highest BCUT2D eigenvalue weighted by Crippen LogP contribution is 2.46. The van der Waals surface area contributed by atoms with E-state index in [0.717, 1.165) is 21.9 Å². The molecule has 9 heteroatoms. The number of pyridine rings is 1. The zero-order valence-electron chi connectivity index (χ0n) is 25.0. The lowest BCUT2D eigenvalue weighted by Crippen LogP contribution is -2.49. The van der Waals surface area contributed by atoms with Crippen molar-refractivity contribution in [3.05, 3.63) is 78.6 Å². The van der Waals surface area contributed by atoms with Crippen LogP contribution in [0.2, 0.25) is 0 Å². The summed E-state index contributed by atoms with van der Waals surface area (Å²) in [6, 6.07) is 20.6. The number of amides is 1. The maximum absolute atomic E-state index is 14.2. The summed E-state index contributed by atoms with van der Waals surface area (Å²) in [5.41, 5.74) is 2.61. The van der Waals surface area contributed by atoms with Crippen molar-refractivity contribution in [2.75, 3.05) is 35.0 Å². The topological polar surface area (TPSA) is 108 Å². The lowest BCUT2D eigenvalue weighted by Gasteiger charge is -2.23. The van der Waals surface area contributed by atoms with Gasteiger partial charge in [0.2, 0.25) is 0 Å². The summed E-state index contributed by atoms with van der Waals surface area (Å²) in [5.74, 6) is 0.550. The summed E-state index contributed by atoms with van der Waals surface area (Å²) in [4.78, 5) is 27.6. The number of nitrogens with one attached hydrogen (secondary N) is 1. The predicted octanol–water partition coefficient (Wildman–Crippen LogP) is 5.53. The second-order valence-electron chi connectivity index (χ2n) is 10.7. The third-order valence-electron chi connectivity index (χ3n) is 7.42. The number of fused-ring (bicyclic) bond motifs is 3. The van der Waals surface area contributed by atoms with E-state index in [1.165, 1.54) is 0 Å². The number of aliphatic hydroxyl groups is 1. The molecule has 0 unspecified atom stereocenters. The van der Waals surface area contributed by atoms with Crippen molar-refractivity contribution in [3.8, 4) is 45.3 Å². The fourth-order valence-corrected chi connectivity index (χ4v) is 5.29. The molecule has 43 heavy (non-hydrogen) atoms. The largest absolute Gasteiger partial charge is 0.493 e. The summed E-state index contributed by atoms with van der Waals surface area (Å²) >= 11 is 0. The van der Waals surface area contributed by atoms with Gasteiger partial charge in [0.15, 0.2) is 23.0 Å². The number of hydrogen-bond acceptors (Lipinski definition) is 7. The van der Waals surface area contributed by atoms with Gasteiger partial charge in [0.25, 0.3) is 11.7 Å². The predicted molar refractivity (Wildman–Crippen MR) is 166 cm³/mol. The normalized spacial score (nSPS) is 11.4. The van der Waals surface area contributed by atoms with Crippen LogP contribution >= 0.6 is 0 Å². The summed E-state index contributed by atoms with van der Waals surface area (Å²) in [6.07, 6.45) is 1.78. The fraction of sp³-hybridized carbons (Fsp3) is 0.235. The molecule has 0 saturated carbocycles. The number of carbonyl (C=O) groups is 2. The van der Waals surface area contributed by atoms with E-state index in [4.69, 9.17) is 18.9 Å². The van der Waals surface area contributed by atoms with Crippen LogP contribution < -0.4 is 24.3 Å². The summed E-state index contributed by atoms with van der Waals surface area (Å²) in [7, 11) is 6.27. The number of ketones is 1. The minimum Gasteiger partial charge on any atom is -0.493 e. The van der Waals surface area contributed by atoms with Crippen LogP contribution in [0.4, 0.5) is 0 Å². The van der Waals surface area contributed by atoms with Crippen LogP contribution in [0.15, 0.2) is 72.9 Å². The molecule has 0 spiro atoms. The number of nitrogens with zero attached hydrogens (tertiary/aromatic N) is 1. The number of hydrogen-bond donors (Lipinski definition) is 2. The van der Waals surface area contributed by atoms with E-state index in [-0.39, 0.29) is 12.3 Å². The van der Waals surface area contributed by atoms with Crippen molar-refractivity contribution >= 4 is 28.0 Å². The molecule has 1 amide bonds. The Balaban J connectivity index is 1.97. The number of Topliss-reactive ketones (excluding diaryl/α,β-unsaturated/α-hetero) is 1. The molecule has 2 N–H and O–H groups in total. The molecule has 0 aliphatic rings.